The normalized spacial score (nSPS) is 22.1. The van der Waals surface area contributed by atoms with Crippen molar-refractivity contribution < 1.29 is 22.6 Å². The van der Waals surface area contributed by atoms with Crippen molar-refractivity contribution in [3.8, 4) is 0 Å². The molecule has 1 aliphatic carbocycles. The van der Waals surface area contributed by atoms with E-state index in [4.69, 9.17) is 16.3 Å². The lowest BCUT2D eigenvalue weighted by Gasteiger charge is -2.39. The fraction of sp³-hybridized carbons (Fsp3) is 0.375. The summed E-state index contributed by atoms with van der Waals surface area (Å²) >= 11 is 6.17. The number of fused-ring (bicyclic) bond motifs is 2. The maximum absolute atomic E-state index is 13.4. The molecular formula is C24H22ClF3N2O2. The summed E-state index contributed by atoms with van der Waals surface area (Å²) < 4.78 is 45.6. The van der Waals surface area contributed by atoms with Crippen LogP contribution in [0.15, 0.2) is 48.5 Å². The third-order valence-electron chi connectivity index (χ3n) is 6.60. The largest absolute Gasteiger partial charge is 0.618 e. The number of morpholine rings is 1. The molecule has 2 aromatic carbocycles. The van der Waals surface area contributed by atoms with Gasteiger partial charge in [-0.1, -0.05) is 23.7 Å². The van der Waals surface area contributed by atoms with Gasteiger partial charge < -0.3 is 9.94 Å². The number of nitrogens with zero attached hydrogens (tertiary/aromatic N) is 2. The molecule has 3 aromatic rings. The molecule has 0 radical (unpaired) electrons. The average Bonchev–Trinajstić information content (AvgIpc) is 2.79. The van der Waals surface area contributed by atoms with Crippen molar-refractivity contribution in [2.45, 2.75) is 31.0 Å². The summed E-state index contributed by atoms with van der Waals surface area (Å²) in [6, 6.07) is 12.6. The highest BCUT2D eigenvalue weighted by Crippen LogP contribution is 2.42. The fourth-order valence-electron chi connectivity index (χ4n) is 4.98. The molecule has 2 atom stereocenters. The van der Waals surface area contributed by atoms with E-state index in [9.17, 15) is 18.4 Å². The summed E-state index contributed by atoms with van der Waals surface area (Å²) in [5.41, 5.74) is 2.34. The van der Waals surface area contributed by atoms with E-state index in [0.29, 0.717) is 35.9 Å². The summed E-state index contributed by atoms with van der Waals surface area (Å²) in [6.07, 6.45) is -3.17. The summed E-state index contributed by atoms with van der Waals surface area (Å²) in [7, 11) is 0. The van der Waals surface area contributed by atoms with Crippen LogP contribution in [0.4, 0.5) is 13.2 Å². The Morgan fingerprint density at radius 3 is 2.44 bits per heavy atom. The Labute approximate surface area is 188 Å². The molecule has 168 valence electrons. The molecule has 32 heavy (non-hydrogen) atoms. The van der Waals surface area contributed by atoms with E-state index in [-0.39, 0.29) is 12.0 Å². The van der Waals surface area contributed by atoms with Crippen LogP contribution >= 0.6 is 11.6 Å². The minimum atomic E-state index is -4.37. The second kappa shape index (κ2) is 8.21. The fourth-order valence-corrected chi connectivity index (χ4v) is 5.16. The quantitative estimate of drug-likeness (QED) is 0.386. The van der Waals surface area contributed by atoms with Gasteiger partial charge in [0.25, 0.3) is 0 Å². The minimum absolute atomic E-state index is 0.0153. The van der Waals surface area contributed by atoms with Crippen LogP contribution in [0.25, 0.3) is 10.9 Å². The van der Waals surface area contributed by atoms with E-state index in [1.54, 1.807) is 30.3 Å². The van der Waals surface area contributed by atoms with Crippen LogP contribution in [0.3, 0.4) is 0 Å². The Bertz CT molecular complexity index is 1140. The minimum Gasteiger partial charge on any atom is -0.618 e. The Morgan fingerprint density at radius 1 is 1.03 bits per heavy atom. The molecule has 0 amide bonds. The standard InChI is InChI=1S/C24H22ClF3N2O2/c25-19-5-6-21-17(11-19)12-20-22(29-7-9-32-10-8-29)13-16(14-23(20)30(21)31)15-1-3-18(4-2-15)24(26,27)28/h1-6,11-12,16,22H,7-10,13-14H2. The molecule has 2 unspecified atom stereocenters. The average molecular weight is 463 g/mol. The lowest BCUT2D eigenvalue weighted by molar-refractivity contribution is -0.587. The van der Waals surface area contributed by atoms with Gasteiger partial charge in [0.05, 0.1) is 18.8 Å². The van der Waals surface area contributed by atoms with Crippen LogP contribution in [-0.4, -0.2) is 31.2 Å². The van der Waals surface area contributed by atoms with Gasteiger partial charge in [-0.25, -0.2) is 0 Å². The van der Waals surface area contributed by atoms with Crippen molar-refractivity contribution in [3.63, 3.8) is 0 Å². The molecule has 0 bridgehead atoms. The highest BCUT2D eigenvalue weighted by Gasteiger charge is 2.38. The van der Waals surface area contributed by atoms with Gasteiger partial charge in [-0.2, -0.15) is 17.9 Å². The van der Waals surface area contributed by atoms with Gasteiger partial charge in [0, 0.05) is 47.6 Å². The van der Waals surface area contributed by atoms with Gasteiger partial charge in [0.15, 0.2) is 5.69 Å². The van der Waals surface area contributed by atoms with Crippen molar-refractivity contribution in [2.24, 2.45) is 0 Å². The first-order chi connectivity index (χ1) is 15.3. The number of benzene rings is 2. The topological polar surface area (TPSA) is 39.4 Å². The van der Waals surface area contributed by atoms with E-state index in [1.807, 2.05) is 6.07 Å². The van der Waals surface area contributed by atoms with Crippen LogP contribution in [0.1, 0.15) is 40.8 Å². The molecule has 1 aromatic heterocycles. The molecule has 0 spiro atoms. The number of hydrogen-bond acceptors (Lipinski definition) is 3. The zero-order valence-corrected chi connectivity index (χ0v) is 18.0. The SMILES string of the molecule is [O-][n+]1c2c(cc3cc(Cl)ccc31)C(N1CCOCC1)CC(c1ccc(C(F)(F)F)cc1)C2. The van der Waals surface area contributed by atoms with Crippen molar-refractivity contribution in [1.29, 1.82) is 0 Å². The molecule has 0 saturated carbocycles. The van der Waals surface area contributed by atoms with Crippen molar-refractivity contribution in [3.05, 3.63) is 81.1 Å². The monoisotopic (exact) mass is 462 g/mol. The van der Waals surface area contributed by atoms with Crippen LogP contribution in [0, 0.1) is 5.21 Å². The zero-order chi connectivity index (χ0) is 22.5. The van der Waals surface area contributed by atoms with E-state index >= 15 is 0 Å². The van der Waals surface area contributed by atoms with E-state index in [0.717, 1.165) is 52.9 Å². The lowest BCUT2D eigenvalue weighted by Crippen LogP contribution is -2.45. The molecule has 0 N–H and O–H groups in total. The number of aromatic nitrogens is 1. The third-order valence-corrected chi connectivity index (χ3v) is 6.84. The van der Waals surface area contributed by atoms with Crippen LogP contribution in [0.5, 0.6) is 0 Å². The van der Waals surface area contributed by atoms with E-state index in [2.05, 4.69) is 4.90 Å². The molecule has 5 rings (SSSR count). The number of pyridine rings is 1. The maximum Gasteiger partial charge on any atom is 0.416 e. The lowest BCUT2D eigenvalue weighted by atomic mass is 9.78. The highest BCUT2D eigenvalue weighted by molar-refractivity contribution is 6.31. The number of halogens is 4. The molecule has 8 heteroatoms. The molecule has 2 aliphatic rings. The maximum atomic E-state index is 13.4. The molecule has 4 nitrogen and oxygen atoms in total. The second-order valence-corrected chi connectivity index (χ2v) is 8.90. The molecule has 2 heterocycles. The summed E-state index contributed by atoms with van der Waals surface area (Å²) in [6.45, 7) is 2.73. The summed E-state index contributed by atoms with van der Waals surface area (Å²) in [5, 5.41) is 14.7. The molecule has 1 aliphatic heterocycles. The molecular weight excluding hydrogens is 441 g/mol. The van der Waals surface area contributed by atoms with Crippen molar-refractivity contribution in [1.82, 2.24) is 4.90 Å². The highest BCUT2D eigenvalue weighted by atomic mass is 35.5. The third kappa shape index (κ3) is 3.93. The predicted molar refractivity (Wildman–Crippen MR) is 116 cm³/mol. The van der Waals surface area contributed by atoms with Gasteiger partial charge in [-0.05, 0) is 48.2 Å². The van der Waals surface area contributed by atoms with Crippen molar-refractivity contribution >= 4 is 22.5 Å². The second-order valence-electron chi connectivity index (χ2n) is 8.46. The Kier molecular flexibility index (Phi) is 5.51. The van der Waals surface area contributed by atoms with Gasteiger partial charge >= 0.3 is 6.18 Å². The first-order valence-electron chi connectivity index (χ1n) is 10.6. The van der Waals surface area contributed by atoms with Crippen LogP contribution in [0.2, 0.25) is 5.02 Å². The van der Waals surface area contributed by atoms with Gasteiger partial charge in [0.2, 0.25) is 5.52 Å². The molecule has 1 saturated heterocycles. The van der Waals surface area contributed by atoms with E-state index in [1.165, 1.54) is 0 Å². The van der Waals surface area contributed by atoms with Crippen molar-refractivity contribution in [2.75, 3.05) is 26.3 Å². The smallest absolute Gasteiger partial charge is 0.416 e. The Balaban J connectivity index is 1.58. The number of alkyl halides is 3. The summed E-state index contributed by atoms with van der Waals surface area (Å²) in [4.78, 5) is 2.31. The molecule has 1 fully saturated rings. The zero-order valence-electron chi connectivity index (χ0n) is 17.2. The number of rotatable bonds is 2. The van der Waals surface area contributed by atoms with Crippen LogP contribution in [-0.2, 0) is 17.3 Å². The van der Waals surface area contributed by atoms with E-state index < -0.39 is 11.7 Å². The summed E-state index contributed by atoms with van der Waals surface area (Å²) in [5.74, 6) is -0.0532. The van der Waals surface area contributed by atoms with Crippen LogP contribution < -0.4 is 4.73 Å². The number of ether oxygens (including phenoxy) is 1. The Hall–Kier alpha value is -2.35. The van der Waals surface area contributed by atoms with Gasteiger partial charge in [-0.15, -0.1) is 0 Å². The van der Waals surface area contributed by atoms with Gasteiger partial charge in [0.1, 0.15) is 0 Å². The first-order valence-corrected chi connectivity index (χ1v) is 11.0. The Morgan fingerprint density at radius 2 is 1.75 bits per heavy atom. The first kappa shape index (κ1) is 21.5. The predicted octanol–water partition coefficient (Wildman–Crippen LogP) is 5.25. The number of hydrogen-bond donors (Lipinski definition) is 0. The van der Waals surface area contributed by atoms with Gasteiger partial charge in [-0.3, -0.25) is 4.90 Å².